The van der Waals surface area contributed by atoms with Crippen LogP contribution >= 0.6 is 11.3 Å². The molecule has 0 aliphatic carbocycles. The number of methoxy groups -OCH3 is 1. The van der Waals surface area contributed by atoms with Gasteiger partial charge in [-0.25, -0.2) is 4.98 Å². The smallest absolute Gasteiger partial charge is 0.253 e. The average Bonchev–Trinajstić information content (AvgIpc) is 3.45. The summed E-state index contributed by atoms with van der Waals surface area (Å²) in [5.74, 6) is 0.522. The summed E-state index contributed by atoms with van der Waals surface area (Å²) in [6.45, 7) is 10.6. The van der Waals surface area contributed by atoms with Crippen molar-refractivity contribution in [3.8, 4) is 22.0 Å². The lowest BCUT2D eigenvalue weighted by molar-refractivity contribution is 0.0945. The lowest BCUT2D eigenvalue weighted by atomic mass is 9.99. The lowest BCUT2D eigenvalue weighted by Crippen LogP contribution is -2.29. The van der Waals surface area contributed by atoms with Gasteiger partial charge in [0.25, 0.3) is 5.91 Å². The molecule has 3 aromatic heterocycles. The van der Waals surface area contributed by atoms with Crippen molar-refractivity contribution in [1.29, 1.82) is 0 Å². The van der Waals surface area contributed by atoms with E-state index in [1.165, 1.54) is 12.8 Å². The van der Waals surface area contributed by atoms with Crippen LogP contribution in [0.5, 0.6) is 0 Å². The van der Waals surface area contributed by atoms with Crippen molar-refractivity contribution in [2.75, 3.05) is 20.3 Å². The number of ether oxygens (including phenoxy) is 1. The predicted molar refractivity (Wildman–Crippen MR) is 140 cm³/mol. The molecule has 7 heteroatoms. The number of pyridine rings is 1. The number of hydrogen-bond donors (Lipinski definition) is 1. The molecule has 0 fully saturated rings. The second kappa shape index (κ2) is 12.8. The number of thiazole rings is 1. The van der Waals surface area contributed by atoms with E-state index in [4.69, 9.17) is 9.72 Å². The van der Waals surface area contributed by atoms with Gasteiger partial charge in [-0.2, -0.15) is 0 Å². The largest absolute Gasteiger partial charge is 0.385 e. The van der Waals surface area contributed by atoms with Crippen LogP contribution in [0.15, 0.2) is 29.8 Å². The molecule has 0 radical (unpaired) electrons. The van der Waals surface area contributed by atoms with Crippen LogP contribution < -0.4 is 5.32 Å². The van der Waals surface area contributed by atoms with Gasteiger partial charge in [0, 0.05) is 55.3 Å². The Morgan fingerprint density at radius 1 is 1.24 bits per heavy atom. The topological polar surface area (TPSA) is 69.0 Å². The van der Waals surface area contributed by atoms with Crippen molar-refractivity contribution in [2.24, 2.45) is 5.92 Å². The van der Waals surface area contributed by atoms with Crippen LogP contribution in [0.25, 0.3) is 22.0 Å². The molecule has 3 heterocycles. The molecule has 1 atom stereocenters. The van der Waals surface area contributed by atoms with Gasteiger partial charge >= 0.3 is 0 Å². The molecule has 6 nitrogen and oxygen atoms in total. The maximum atomic E-state index is 13.2. The van der Waals surface area contributed by atoms with E-state index in [9.17, 15) is 4.79 Å². The molecule has 1 amide bonds. The monoisotopic (exact) mass is 482 g/mol. The van der Waals surface area contributed by atoms with Gasteiger partial charge in [-0.05, 0) is 50.8 Å². The second-order valence-corrected chi connectivity index (χ2v) is 9.74. The zero-order valence-electron chi connectivity index (χ0n) is 21.2. The Bertz CT molecular complexity index is 1060. The van der Waals surface area contributed by atoms with Gasteiger partial charge in [-0.1, -0.05) is 33.1 Å². The molecule has 3 aromatic rings. The molecule has 34 heavy (non-hydrogen) atoms. The molecule has 1 unspecified atom stereocenters. The van der Waals surface area contributed by atoms with Crippen LogP contribution in [0, 0.1) is 19.8 Å². The number of carbonyl (C=O) groups is 1. The number of amides is 1. The predicted octanol–water partition coefficient (Wildman–Crippen LogP) is 6.27. The number of rotatable bonds is 13. The minimum absolute atomic E-state index is 0.00243. The van der Waals surface area contributed by atoms with Crippen LogP contribution in [-0.4, -0.2) is 40.7 Å². The highest BCUT2D eigenvalue weighted by molar-refractivity contribution is 7.13. The summed E-state index contributed by atoms with van der Waals surface area (Å²) in [7, 11) is 1.72. The average molecular weight is 483 g/mol. The molecule has 0 aliphatic rings. The first-order valence-electron chi connectivity index (χ1n) is 12.3. The minimum Gasteiger partial charge on any atom is -0.385 e. The van der Waals surface area contributed by atoms with E-state index < -0.39 is 0 Å². The third-order valence-corrected chi connectivity index (χ3v) is 7.25. The van der Waals surface area contributed by atoms with Crippen LogP contribution in [0.2, 0.25) is 0 Å². The fourth-order valence-corrected chi connectivity index (χ4v) is 4.94. The van der Waals surface area contributed by atoms with Crippen molar-refractivity contribution in [2.45, 2.75) is 66.3 Å². The van der Waals surface area contributed by atoms with Gasteiger partial charge in [-0.15, -0.1) is 11.3 Å². The minimum atomic E-state index is -0.00243. The van der Waals surface area contributed by atoms with Crippen LogP contribution in [0.4, 0.5) is 0 Å². The summed E-state index contributed by atoms with van der Waals surface area (Å²) in [4.78, 5) is 22.5. The molecule has 184 valence electrons. The molecule has 1 N–H and O–H groups in total. The molecule has 0 saturated carbocycles. The van der Waals surface area contributed by atoms with Gasteiger partial charge in [0.2, 0.25) is 0 Å². The second-order valence-electron chi connectivity index (χ2n) is 8.88. The van der Waals surface area contributed by atoms with Crippen LogP contribution in [0.1, 0.15) is 67.7 Å². The number of nitrogens with one attached hydrogen (secondary N) is 1. The maximum Gasteiger partial charge on any atom is 0.253 e. The number of aryl methyl sites for hydroxylation is 1. The highest BCUT2D eigenvalue weighted by Gasteiger charge is 2.21. The summed E-state index contributed by atoms with van der Waals surface area (Å²) in [5, 5.41) is 6.19. The standard InChI is InChI=1S/C27H38N4O2S/c1-6-8-10-21(7-2)16-29-26(32)23-15-25(31(20(23)4)13-9-14-33-5)24-18-34-27(30-24)22-12-11-19(3)28-17-22/h11-12,15,17-18,21H,6-10,13-14,16H2,1-5H3,(H,29,32). The Kier molecular flexibility index (Phi) is 9.84. The van der Waals surface area contributed by atoms with Gasteiger partial charge in [0.05, 0.1) is 17.0 Å². The van der Waals surface area contributed by atoms with E-state index in [0.717, 1.165) is 71.3 Å². The molecule has 0 saturated heterocycles. The summed E-state index contributed by atoms with van der Waals surface area (Å²) in [6, 6.07) is 6.05. The summed E-state index contributed by atoms with van der Waals surface area (Å²) >= 11 is 1.60. The molecular formula is C27H38N4O2S. The third kappa shape index (κ3) is 6.54. The molecule has 0 spiro atoms. The molecule has 3 rings (SSSR count). The number of nitrogens with zero attached hydrogens (tertiary/aromatic N) is 3. The van der Waals surface area contributed by atoms with E-state index >= 15 is 0 Å². The van der Waals surface area contributed by atoms with Crippen LogP contribution in [0.3, 0.4) is 0 Å². The van der Waals surface area contributed by atoms with Gasteiger partial charge in [-0.3, -0.25) is 9.78 Å². The van der Waals surface area contributed by atoms with E-state index in [0.29, 0.717) is 12.5 Å². The van der Waals surface area contributed by atoms with E-state index in [-0.39, 0.29) is 5.91 Å². The summed E-state index contributed by atoms with van der Waals surface area (Å²) in [6.07, 6.45) is 7.36. The zero-order valence-corrected chi connectivity index (χ0v) is 22.0. The van der Waals surface area contributed by atoms with Crippen LogP contribution in [-0.2, 0) is 11.3 Å². The van der Waals surface area contributed by atoms with Crippen molar-refractivity contribution in [1.82, 2.24) is 19.9 Å². The zero-order chi connectivity index (χ0) is 24.5. The van der Waals surface area contributed by atoms with Crippen molar-refractivity contribution in [3.05, 3.63) is 46.7 Å². The fraction of sp³-hybridized carbons (Fsp3) is 0.519. The Labute approximate surface area is 207 Å². The highest BCUT2D eigenvalue weighted by Crippen LogP contribution is 2.31. The summed E-state index contributed by atoms with van der Waals surface area (Å²) in [5.41, 5.74) is 5.54. The fourth-order valence-electron chi connectivity index (χ4n) is 4.14. The normalized spacial score (nSPS) is 12.1. The van der Waals surface area contributed by atoms with Crippen molar-refractivity contribution >= 4 is 17.2 Å². The third-order valence-electron chi connectivity index (χ3n) is 6.36. The Hall–Kier alpha value is -2.51. The summed E-state index contributed by atoms with van der Waals surface area (Å²) < 4.78 is 7.47. The molecular weight excluding hydrogens is 444 g/mol. The van der Waals surface area contributed by atoms with E-state index in [1.54, 1.807) is 18.4 Å². The lowest BCUT2D eigenvalue weighted by Gasteiger charge is -2.15. The first-order chi connectivity index (χ1) is 16.5. The highest BCUT2D eigenvalue weighted by atomic mass is 32.1. The first kappa shape index (κ1) is 26.1. The van der Waals surface area contributed by atoms with E-state index in [2.05, 4.69) is 40.2 Å². The maximum absolute atomic E-state index is 13.2. The number of unbranched alkanes of at least 4 members (excludes halogenated alkanes) is 1. The Balaban J connectivity index is 1.86. The quantitative estimate of drug-likeness (QED) is 0.291. The molecule has 0 aromatic carbocycles. The van der Waals surface area contributed by atoms with Gasteiger partial charge < -0.3 is 14.6 Å². The molecule has 0 bridgehead atoms. The molecule has 0 aliphatic heterocycles. The first-order valence-corrected chi connectivity index (χ1v) is 13.2. The SMILES string of the molecule is CCCCC(CC)CNC(=O)c1cc(-c2csc(-c3ccc(C)nc3)n2)n(CCCOC)c1C. The van der Waals surface area contributed by atoms with Gasteiger partial charge in [0.1, 0.15) is 5.01 Å². The number of carbonyl (C=O) groups excluding carboxylic acids is 1. The van der Waals surface area contributed by atoms with Crippen molar-refractivity contribution in [3.63, 3.8) is 0 Å². The van der Waals surface area contributed by atoms with Crippen molar-refractivity contribution < 1.29 is 9.53 Å². The Morgan fingerprint density at radius 3 is 2.74 bits per heavy atom. The number of aromatic nitrogens is 3. The van der Waals surface area contributed by atoms with E-state index in [1.807, 2.05) is 32.2 Å². The Morgan fingerprint density at radius 2 is 2.06 bits per heavy atom. The number of hydrogen-bond acceptors (Lipinski definition) is 5. The van der Waals surface area contributed by atoms with Gasteiger partial charge in [0.15, 0.2) is 0 Å².